The molecule has 0 bridgehead atoms. The highest BCUT2D eigenvalue weighted by molar-refractivity contribution is 4.81. The van der Waals surface area contributed by atoms with Gasteiger partial charge in [-0.15, -0.1) is 0 Å². The molecule has 1 N–H and O–H groups in total. The van der Waals surface area contributed by atoms with Crippen molar-refractivity contribution in [3.8, 4) is 0 Å². The molecule has 3 atom stereocenters. The molecule has 1 saturated heterocycles. The highest BCUT2D eigenvalue weighted by Crippen LogP contribution is 2.27. The second-order valence-corrected chi connectivity index (χ2v) is 7.08. The van der Waals surface area contributed by atoms with Crippen molar-refractivity contribution in [2.45, 2.75) is 78.8 Å². The van der Waals surface area contributed by atoms with Crippen LogP contribution in [0.5, 0.6) is 0 Å². The minimum atomic E-state index is 0.636. The highest BCUT2D eigenvalue weighted by atomic mass is 15.2. The van der Waals surface area contributed by atoms with Crippen molar-refractivity contribution in [1.82, 2.24) is 10.2 Å². The molecule has 0 radical (unpaired) electrons. The van der Waals surface area contributed by atoms with Crippen LogP contribution in [0.25, 0.3) is 0 Å². The number of nitrogens with zero attached hydrogens (tertiary/aromatic N) is 1. The van der Waals surface area contributed by atoms with Crippen LogP contribution in [0.3, 0.4) is 0 Å². The van der Waals surface area contributed by atoms with Crippen LogP contribution in [-0.2, 0) is 0 Å². The molecule has 2 heteroatoms. The Morgan fingerprint density at radius 3 is 2.42 bits per heavy atom. The lowest BCUT2D eigenvalue weighted by molar-refractivity contribution is 0.0781. The van der Waals surface area contributed by atoms with Gasteiger partial charge in [-0.3, -0.25) is 0 Å². The zero-order valence-corrected chi connectivity index (χ0v) is 13.9. The molecular formula is C17H36N2. The van der Waals surface area contributed by atoms with E-state index in [1.54, 1.807) is 0 Å². The largest absolute Gasteiger partial charge is 0.315 e. The lowest BCUT2D eigenvalue weighted by Crippen LogP contribution is -2.45. The smallest absolute Gasteiger partial charge is 0.00927 e. The molecule has 0 aromatic rings. The van der Waals surface area contributed by atoms with Gasteiger partial charge in [-0.1, -0.05) is 40.5 Å². The number of piperidine rings is 1. The second kappa shape index (κ2) is 8.97. The van der Waals surface area contributed by atoms with Crippen molar-refractivity contribution < 1.29 is 0 Å². The molecule has 0 saturated carbocycles. The Balaban J connectivity index is 2.05. The van der Waals surface area contributed by atoms with Crippen molar-refractivity contribution in [1.29, 1.82) is 0 Å². The van der Waals surface area contributed by atoms with E-state index in [1.165, 1.54) is 51.7 Å². The van der Waals surface area contributed by atoms with Crippen LogP contribution in [0.4, 0.5) is 0 Å². The van der Waals surface area contributed by atoms with Gasteiger partial charge in [0.1, 0.15) is 0 Å². The first-order valence-electron chi connectivity index (χ1n) is 8.48. The molecule has 0 aromatic carbocycles. The summed E-state index contributed by atoms with van der Waals surface area (Å²) in [7, 11) is 0. The van der Waals surface area contributed by atoms with Crippen molar-refractivity contribution in [2.75, 3.05) is 19.6 Å². The second-order valence-electron chi connectivity index (χ2n) is 7.08. The topological polar surface area (TPSA) is 15.3 Å². The summed E-state index contributed by atoms with van der Waals surface area (Å²) in [6.07, 6.45) is 6.91. The SMILES string of the molecule is CC1CC(C)C(C)N(CCCCCCNC(C)C)C1. The normalized spacial score (nSPS) is 29.1. The molecular weight excluding hydrogens is 232 g/mol. The lowest BCUT2D eigenvalue weighted by atomic mass is 9.86. The molecule has 0 aliphatic carbocycles. The fourth-order valence-corrected chi connectivity index (χ4v) is 3.31. The van der Waals surface area contributed by atoms with Crippen LogP contribution in [0.1, 0.15) is 66.7 Å². The van der Waals surface area contributed by atoms with Crippen LogP contribution in [0, 0.1) is 11.8 Å². The van der Waals surface area contributed by atoms with Crippen LogP contribution < -0.4 is 5.32 Å². The quantitative estimate of drug-likeness (QED) is 0.671. The summed E-state index contributed by atoms with van der Waals surface area (Å²) in [6.45, 7) is 15.5. The standard InChI is InChI=1S/C17H36N2/c1-14(2)18-10-8-6-7-9-11-19-13-15(3)12-16(4)17(19)5/h14-18H,6-13H2,1-5H3. The van der Waals surface area contributed by atoms with Crippen LogP contribution >= 0.6 is 0 Å². The molecule has 0 spiro atoms. The molecule has 19 heavy (non-hydrogen) atoms. The Bertz CT molecular complexity index is 227. The zero-order chi connectivity index (χ0) is 14.3. The van der Waals surface area contributed by atoms with Gasteiger partial charge < -0.3 is 10.2 Å². The summed E-state index contributed by atoms with van der Waals surface area (Å²) < 4.78 is 0. The minimum absolute atomic E-state index is 0.636. The molecule has 3 unspecified atom stereocenters. The Hall–Kier alpha value is -0.0800. The first kappa shape index (κ1) is 17.0. The van der Waals surface area contributed by atoms with Gasteiger partial charge in [0.25, 0.3) is 0 Å². The van der Waals surface area contributed by atoms with Gasteiger partial charge in [0, 0.05) is 18.6 Å². The van der Waals surface area contributed by atoms with Gasteiger partial charge in [0.15, 0.2) is 0 Å². The summed E-state index contributed by atoms with van der Waals surface area (Å²) >= 11 is 0. The number of hydrogen-bond donors (Lipinski definition) is 1. The van der Waals surface area contributed by atoms with Gasteiger partial charge in [0.2, 0.25) is 0 Å². The number of hydrogen-bond acceptors (Lipinski definition) is 2. The summed E-state index contributed by atoms with van der Waals surface area (Å²) in [5.41, 5.74) is 0. The number of nitrogens with one attached hydrogen (secondary N) is 1. The molecule has 114 valence electrons. The van der Waals surface area contributed by atoms with Gasteiger partial charge in [-0.05, 0) is 51.1 Å². The van der Waals surface area contributed by atoms with Crippen molar-refractivity contribution in [2.24, 2.45) is 11.8 Å². The van der Waals surface area contributed by atoms with Gasteiger partial charge in [-0.2, -0.15) is 0 Å². The molecule has 0 aromatic heterocycles. The van der Waals surface area contributed by atoms with Crippen LogP contribution in [-0.4, -0.2) is 36.6 Å². The van der Waals surface area contributed by atoms with Crippen LogP contribution in [0.2, 0.25) is 0 Å². The van der Waals surface area contributed by atoms with E-state index >= 15 is 0 Å². The molecule has 1 heterocycles. The maximum atomic E-state index is 3.49. The van der Waals surface area contributed by atoms with E-state index in [2.05, 4.69) is 44.8 Å². The van der Waals surface area contributed by atoms with Crippen molar-refractivity contribution >= 4 is 0 Å². The van der Waals surface area contributed by atoms with E-state index in [0.717, 1.165) is 17.9 Å². The summed E-state index contributed by atoms with van der Waals surface area (Å²) in [5, 5.41) is 3.49. The Labute approximate surface area is 121 Å². The molecule has 2 nitrogen and oxygen atoms in total. The van der Waals surface area contributed by atoms with E-state index in [4.69, 9.17) is 0 Å². The first-order chi connectivity index (χ1) is 9.00. The molecule has 1 aliphatic rings. The number of likely N-dealkylation sites (tertiary alicyclic amines) is 1. The fraction of sp³-hybridized carbons (Fsp3) is 1.00. The summed E-state index contributed by atoms with van der Waals surface area (Å²) in [5.74, 6) is 1.76. The summed E-state index contributed by atoms with van der Waals surface area (Å²) in [4.78, 5) is 2.73. The van der Waals surface area contributed by atoms with E-state index < -0.39 is 0 Å². The van der Waals surface area contributed by atoms with Crippen molar-refractivity contribution in [3.05, 3.63) is 0 Å². The van der Waals surface area contributed by atoms with Crippen LogP contribution in [0.15, 0.2) is 0 Å². The lowest BCUT2D eigenvalue weighted by Gasteiger charge is -2.41. The monoisotopic (exact) mass is 268 g/mol. The predicted molar refractivity (Wildman–Crippen MR) is 85.6 cm³/mol. The Kier molecular flexibility index (Phi) is 8.01. The average Bonchev–Trinajstić information content (AvgIpc) is 2.33. The molecule has 1 rings (SSSR count). The van der Waals surface area contributed by atoms with E-state index in [1.807, 2.05) is 0 Å². The van der Waals surface area contributed by atoms with E-state index in [0.29, 0.717) is 6.04 Å². The van der Waals surface area contributed by atoms with Gasteiger partial charge in [0.05, 0.1) is 0 Å². The van der Waals surface area contributed by atoms with E-state index in [-0.39, 0.29) is 0 Å². The minimum Gasteiger partial charge on any atom is -0.315 e. The first-order valence-corrected chi connectivity index (χ1v) is 8.48. The number of unbranched alkanes of at least 4 members (excludes halogenated alkanes) is 3. The zero-order valence-electron chi connectivity index (χ0n) is 13.9. The molecule has 0 amide bonds. The average molecular weight is 268 g/mol. The van der Waals surface area contributed by atoms with E-state index in [9.17, 15) is 0 Å². The van der Waals surface area contributed by atoms with Crippen molar-refractivity contribution in [3.63, 3.8) is 0 Å². The van der Waals surface area contributed by atoms with Gasteiger partial charge >= 0.3 is 0 Å². The maximum Gasteiger partial charge on any atom is 0.00927 e. The predicted octanol–water partition coefficient (Wildman–Crippen LogP) is 3.91. The highest BCUT2D eigenvalue weighted by Gasteiger charge is 2.27. The maximum absolute atomic E-state index is 3.49. The third kappa shape index (κ3) is 6.76. The fourth-order valence-electron chi connectivity index (χ4n) is 3.31. The third-order valence-electron chi connectivity index (χ3n) is 4.64. The summed E-state index contributed by atoms with van der Waals surface area (Å²) in [6, 6.07) is 1.43. The molecule has 1 fully saturated rings. The Morgan fingerprint density at radius 2 is 1.74 bits per heavy atom. The van der Waals surface area contributed by atoms with Gasteiger partial charge in [-0.25, -0.2) is 0 Å². The Morgan fingerprint density at radius 1 is 1.05 bits per heavy atom. The third-order valence-corrected chi connectivity index (χ3v) is 4.64. The number of rotatable bonds is 8. The molecule has 1 aliphatic heterocycles.